The summed E-state index contributed by atoms with van der Waals surface area (Å²) in [5, 5.41) is 8.92. The molecule has 2 aromatic rings. The standard InChI is InChI=1S/C11H10N4OS/c16-10(14-11-12-6-13-15-11)9-5-7-3-1-2-4-8(7)17-9/h1-4,6,9H,5H2,(H2,12,13,14,15,16). The number of nitrogens with zero attached hydrogens (tertiary/aromatic N) is 2. The van der Waals surface area contributed by atoms with Crippen molar-refractivity contribution in [1.82, 2.24) is 15.2 Å². The lowest BCUT2D eigenvalue weighted by molar-refractivity contribution is -0.115. The van der Waals surface area contributed by atoms with Crippen LogP contribution in [-0.2, 0) is 11.2 Å². The van der Waals surface area contributed by atoms with Crippen LogP contribution in [0.5, 0.6) is 0 Å². The van der Waals surface area contributed by atoms with Gasteiger partial charge in [0.2, 0.25) is 11.9 Å². The minimum absolute atomic E-state index is 0.0389. The average molecular weight is 246 g/mol. The Balaban J connectivity index is 1.70. The zero-order valence-electron chi connectivity index (χ0n) is 8.88. The minimum atomic E-state index is -0.0856. The lowest BCUT2D eigenvalue weighted by Crippen LogP contribution is -2.25. The Hall–Kier alpha value is -1.82. The smallest absolute Gasteiger partial charge is 0.240 e. The van der Waals surface area contributed by atoms with Gasteiger partial charge in [-0.25, -0.2) is 5.10 Å². The van der Waals surface area contributed by atoms with Crippen molar-refractivity contribution in [3.63, 3.8) is 0 Å². The molecule has 0 radical (unpaired) electrons. The maximum atomic E-state index is 12.0. The molecule has 2 N–H and O–H groups in total. The van der Waals surface area contributed by atoms with Crippen LogP contribution in [0.3, 0.4) is 0 Å². The summed E-state index contributed by atoms with van der Waals surface area (Å²) >= 11 is 1.59. The Morgan fingerprint density at radius 2 is 2.35 bits per heavy atom. The molecule has 2 heterocycles. The number of benzene rings is 1. The van der Waals surface area contributed by atoms with E-state index in [0.717, 1.165) is 6.42 Å². The van der Waals surface area contributed by atoms with Crippen LogP contribution in [0, 0.1) is 0 Å². The average Bonchev–Trinajstić information content (AvgIpc) is 2.96. The van der Waals surface area contributed by atoms with Gasteiger partial charge in [-0.1, -0.05) is 18.2 Å². The number of fused-ring (bicyclic) bond motifs is 1. The van der Waals surface area contributed by atoms with Crippen molar-refractivity contribution in [1.29, 1.82) is 0 Å². The van der Waals surface area contributed by atoms with Gasteiger partial charge in [0.15, 0.2) is 0 Å². The van der Waals surface area contributed by atoms with Crippen molar-refractivity contribution >= 4 is 23.6 Å². The van der Waals surface area contributed by atoms with E-state index >= 15 is 0 Å². The van der Waals surface area contributed by atoms with E-state index < -0.39 is 0 Å². The topological polar surface area (TPSA) is 70.7 Å². The normalized spacial score (nSPS) is 17.8. The maximum Gasteiger partial charge on any atom is 0.240 e. The molecule has 17 heavy (non-hydrogen) atoms. The minimum Gasteiger partial charge on any atom is -0.294 e. The second-order valence-corrected chi connectivity index (χ2v) is 4.99. The van der Waals surface area contributed by atoms with Crippen LogP contribution >= 0.6 is 11.8 Å². The SMILES string of the molecule is O=C(Nc1ncn[nH]1)C1Cc2ccccc2S1. The molecule has 1 aromatic heterocycles. The van der Waals surface area contributed by atoms with Gasteiger partial charge >= 0.3 is 0 Å². The number of rotatable bonds is 2. The van der Waals surface area contributed by atoms with Gasteiger partial charge < -0.3 is 0 Å². The number of aromatic nitrogens is 3. The highest BCUT2D eigenvalue weighted by molar-refractivity contribution is 8.01. The highest BCUT2D eigenvalue weighted by Crippen LogP contribution is 2.36. The molecule has 1 amide bonds. The summed E-state index contributed by atoms with van der Waals surface area (Å²) < 4.78 is 0. The summed E-state index contributed by atoms with van der Waals surface area (Å²) in [7, 11) is 0. The molecule has 1 aliphatic rings. The van der Waals surface area contributed by atoms with E-state index in [1.165, 1.54) is 16.8 Å². The van der Waals surface area contributed by atoms with Crippen LogP contribution in [0.1, 0.15) is 5.56 Å². The Morgan fingerprint density at radius 1 is 1.47 bits per heavy atom. The first-order valence-electron chi connectivity index (χ1n) is 5.24. The maximum absolute atomic E-state index is 12.0. The molecule has 1 atom stereocenters. The number of hydrogen-bond donors (Lipinski definition) is 2. The van der Waals surface area contributed by atoms with Gasteiger partial charge in [0.1, 0.15) is 6.33 Å². The highest BCUT2D eigenvalue weighted by atomic mass is 32.2. The number of carbonyl (C=O) groups excluding carboxylic acids is 1. The molecule has 0 saturated carbocycles. The second kappa shape index (κ2) is 4.21. The monoisotopic (exact) mass is 246 g/mol. The molecule has 1 aromatic carbocycles. The predicted molar refractivity (Wildman–Crippen MR) is 64.8 cm³/mol. The van der Waals surface area contributed by atoms with Crippen LogP contribution in [0.15, 0.2) is 35.5 Å². The first-order valence-corrected chi connectivity index (χ1v) is 6.12. The van der Waals surface area contributed by atoms with Crippen molar-refractivity contribution in [2.75, 3.05) is 5.32 Å². The second-order valence-electron chi connectivity index (χ2n) is 3.74. The fourth-order valence-electron chi connectivity index (χ4n) is 1.79. The Labute approximate surface area is 102 Å². The molecule has 86 valence electrons. The summed E-state index contributed by atoms with van der Waals surface area (Å²) in [5.41, 5.74) is 1.23. The van der Waals surface area contributed by atoms with E-state index in [1.807, 2.05) is 18.2 Å². The number of carbonyl (C=O) groups is 1. The molecule has 0 aliphatic carbocycles. The summed E-state index contributed by atoms with van der Waals surface area (Å²) in [5.74, 6) is 0.356. The van der Waals surface area contributed by atoms with Gasteiger partial charge in [0, 0.05) is 4.90 Å². The molecule has 3 rings (SSSR count). The molecule has 6 heteroatoms. The van der Waals surface area contributed by atoms with Crippen LogP contribution in [0.25, 0.3) is 0 Å². The number of hydrogen-bond acceptors (Lipinski definition) is 4. The summed E-state index contributed by atoms with van der Waals surface area (Å²) in [4.78, 5) is 17.0. The summed E-state index contributed by atoms with van der Waals surface area (Å²) in [6.45, 7) is 0. The Bertz CT molecular complexity index is 515. The van der Waals surface area contributed by atoms with Crippen molar-refractivity contribution in [3.8, 4) is 0 Å². The molecule has 5 nitrogen and oxygen atoms in total. The van der Waals surface area contributed by atoms with Gasteiger partial charge in [0.25, 0.3) is 0 Å². The fraction of sp³-hybridized carbons (Fsp3) is 0.182. The van der Waals surface area contributed by atoms with Crippen molar-refractivity contribution in [2.45, 2.75) is 16.6 Å². The molecule has 1 aliphatic heterocycles. The molecular formula is C11H10N4OS. The fourth-order valence-corrected chi connectivity index (χ4v) is 2.99. The highest BCUT2D eigenvalue weighted by Gasteiger charge is 2.28. The number of anilines is 1. The van der Waals surface area contributed by atoms with Gasteiger partial charge in [-0.2, -0.15) is 10.1 Å². The van der Waals surface area contributed by atoms with Crippen LogP contribution < -0.4 is 5.32 Å². The first kappa shape index (κ1) is 10.3. The lowest BCUT2D eigenvalue weighted by atomic mass is 10.1. The molecule has 0 bridgehead atoms. The van der Waals surface area contributed by atoms with E-state index in [2.05, 4.69) is 26.6 Å². The predicted octanol–water partition coefficient (Wildman–Crippen LogP) is 1.46. The largest absolute Gasteiger partial charge is 0.294 e. The number of nitrogens with one attached hydrogen (secondary N) is 2. The third-order valence-electron chi connectivity index (χ3n) is 2.60. The number of H-pyrrole nitrogens is 1. The van der Waals surface area contributed by atoms with Crippen molar-refractivity contribution < 1.29 is 4.79 Å². The first-order chi connectivity index (χ1) is 8.33. The lowest BCUT2D eigenvalue weighted by Gasteiger charge is -2.06. The Kier molecular flexibility index (Phi) is 2.56. The van der Waals surface area contributed by atoms with Crippen molar-refractivity contribution in [3.05, 3.63) is 36.2 Å². The third kappa shape index (κ3) is 2.03. The van der Waals surface area contributed by atoms with E-state index in [0.29, 0.717) is 5.95 Å². The van der Waals surface area contributed by atoms with Gasteiger partial charge in [-0.3, -0.25) is 10.1 Å². The van der Waals surface area contributed by atoms with E-state index in [1.54, 1.807) is 11.8 Å². The van der Waals surface area contributed by atoms with E-state index in [9.17, 15) is 4.79 Å². The third-order valence-corrected chi connectivity index (χ3v) is 3.91. The summed E-state index contributed by atoms with van der Waals surface area (Å²) in [6.07, 6.45) is 2.13. The van der Waals surface area contributed by atoms with E-state index in [-0.39, 0.29) is 11.2 Å². The molecule has 0 saturated heterocycles. The van der Waals surface area contributed by atoms with E-state index in [4.69, 9.17) is 0 Å². The van der Waals surface area contributed by atoms with Crippen molar-refractivity contribution in [2.24, 2.45) is 0 Å². The zero-order chi connectivity index (χ0) is 11.7. The number of aromatic amines is 1. The van der Waals surface area contributed by atoms with Crippen LogP contribution in [-0.4, -0.2) is 26.3 Å². The van der Waals surface area contributed by atoms with Crippen LogP contribution in [0.4, 0.5) is 5.95 Å². The Morgan fingerprint density at radius 3 is 3.12 bits per heavy atom. The summed E-state index contributed by atoms with van der Waals surface area (Å²) in [6, 6.07) is 8.09. The van der Waals surface area contributed by atoms with Gasteiger partial charge in [-0.15, -0.1) is 11.8 Å². The molecule has 0 spiro atoms. The van der Waals surface area contributed by atoms with Gasteiger partial charge in [-0.05, 0) is 18.1 Å². The molecular weight excluding hydrogens is 236 g/mol. The van der Waals surface area contributed by atoms with Crippen LogP contribution in [0.2, 0.25) is 0 Å². The molecule has 0 fully saturated rings. The number of thioether (sulfide) groups is 1. The van der Waals surface area contributed by atoms with Gasteiger partial charge in [0.05, 0.1) is 5.25 Å². The number of amides is 1. The molecule has 1 unspecified atom stereocenters. The quantitative estimate of drug-likeness (QED) is 0.841. The zero-order valence-corrected chi connectivity index (χ0v) is 9.70.